The van der Waals surface area contributed by atoms with E-state index in [2.05, 4.69) is 10.1 Å². The van der Waals surface area contributed by atoms with Crippen LogP contribution in [0.5, 0.6) is 5.75 Å². The molecule has 2 atom stereocenters. The molecule has 0 aromatic heterocycles. The number of esters is 1. The Morgan fingerprint density at radius 2 is 2.15 bits per heavy atom. The van der Waals surface area contributed by atoms with Gasteiger partial charge < -0.3 is 14.8 Å². The normalized spacial score (nSPS) is 18.6. The molecule has 0 radical (unpaired) electrons. The van der Waals surface area contributed by atoms with Gasteiger partial charge in [0.25, 0.3) is 0 Å². The Bertz CT molecular complexity index is 518. The Hall–Kier alpha value is -2.24. The Morgan fingerprint density at radius 3 is 2.85 bits per heavy atom. The molecule has 6 heteroatoms. The molecule has 1 aliphatic rings. The van der Waals surface area contributed by atoms with Crippen molar-refractivity contribution >= 4 is 17.7 Å². The van der Waals surface area contributed by atoms with Crippen LogP contribution in [0.25, 0.3) is 0 Å². The van der Waals surface area contributed by atoms with Crippen molar-refractivity contribution in [2.45, 2.75) is 26.0 Å². The van der Waals surface area contributed by atoms with E-state index in [0.29, 0.717) is 18.0 Å². The van der Waals surface area contributed by atoms with Crippen LogP contribution >= 0.6 is 0 Å². The van der Waals surface area contributed by atoms with Crippen molar-refractivity contribution in [1.29, 1.82) is 0 Å². The Morgan fingerprint density at radius 1 is 1.45 bits per heavy atom. The lowest BCUT2D eigenvalue weighted by Crippen LogP contribution is -2.51. The number of rotatable bonds is 2. The Balaban J connectivity index is 2.16. The number of nitrogens with one attached hydrogen (secondary N) is 1. The third-order valence-electron chi connectivity index (χ3n) is 3.06. The summed E-state index contributed by atoms with van der Waals surface area (Å²) < 4.78 is 10.3. The van der Waals surface area contributed by atoms with E-state index in [0.717, 1.165) is 0 Å². The van der Waals surface area contributed by atoms with Crippen LogP contribution in [0.4, 0.5) is 10.5 Å². The number of fused-ring (bicyclic) bond motifs is 1. The molecule has 1 aromatic rings. The van der Waals surface area contributed by atoms with Crippen molar-refractivity contribution in [3.8, 4) is 5.75 Å². The van der Waals surface area contributed by atoms with Crippen LogP contribution in [0.1, 0.15) is 13.8 Å². The molecule has 0 spiro atoms. The zero-order valence-electron chi connectivity index (χ0n) is 11.8. The lowest BCUT2D eigenvalue weighted by atomic mass is 10.2. The van der Waals surface area contributed by atoms with E-state index in [1.807, 2.05) is 31.2 Å². The van der Waals surface area contributed by atoms with E-state index < -0.39 is 12.0 Å². The van der Waals surface area contributed by atoms with Crippen molar-refractivity contribution in [3.63, 3.8) is 0 Å². The van der Waals surface area contributed by atoms with Gasteiger partial charge in [-0.1, -0.05) is 12.1 Å². The fourth-order valence-electron chi connectivity index (χ4n) is 2.08. The minimum absolute atomic E-state index is 0.107. The van der Waals surface area contributed by atoms with E-state index in [-0.39, 0.29) is 12.1 Å². The minimum Gasteiger partial charge on any atom is -0.487 e. The predicted octanol–water partition coefficient (Wildman–Crippen LogP) is 1.54. The van der Waals surface area contributed by atoms with Crippen LogP contribution < -0.4 is 15.0 Å². The van der Waals surface area contributed by atoms with Gasteiger partial charge in [0.1, 0.15) is 17.9 Å². The molecule has 2 rings (SSSR count). The molecular weight excluding hydrogens is 260 g/mol. The predicted molar refractivity (Wildman–Crippen MR) is 73.9 cm³/mol. The smallest absolute Gasteiger partial charge is 0.328 e. The number of nitrogens with zero attached hydrogens (tertiary/aromatic N) is 1. The summed E-state index contributed by atoms with van der Waals surface area (Å²) in [6.45, 7) is 3.90. The molecule has 0 fully saturated rings. The summed E-state index contributed by atoms with van der Waals surface area (Å²) >= 11 is 0. The third-order valence-corrected chi connectivity index (χ3v) is 3.06. The molecule has 0 unspecified atom stereocenters. The maximum atomic E-state index is 12.3. The molecule has 0 saturated carbocycles. The summed E-state index contributed by atoms with van der Waals surface area (Å²) in [5, 5.41) is 2.62. The number of ether oxygens (including phenoxy) is 2. The molecule has 6 nitrogen and oxygen atoms in total. The number of amides is 2. The highest BCUT2D eigenvalue weighted by atomic mass is 16.5. The fourth-order valence-corrected chi connectivity index (χ4v) is 2.08. The highest BCUT2D eigenvalue weighted by molar-refractivity contribution is 5.96. The standard InChI is InChI=1S/C14H18N2O4/c1-9-8-16(11-6-4-5-7-12(11)20-9)14(18)15-10(2)13(17)19-3/h4-7,9-10H,8H2,1-3H3,(H,15,18)/t9-,10+/m1/s1. The molecule has 2 amide bonds. The van der Waals surface area contributed by atoms with Crippen LogP contribution in [0.3, 0.4) is 0 Å². The van der Waals surface area contributed by atoms with Crippen LogP contribution in [-0.2, 0) is 9.53 Å². The van der Waals surface area contributed by atoms with Gasteiger partial charge in [-0.2, -0.15) is 0 Å². The first kappa shape index (κ1) is 14.2. The van der Waals surface area contributed by atoms with E-state index in [4.69, 9.17) is 4.74 Å². The van der Waals surface area contributed by atoms with Gasteiger partial charge >= 0.3 is 12.0 Å². The van der Waals surface area contributed by atoms with Gasteiger partial charge in [0.15, 0.2) is 0 Å². The molecule has 1 aromatic carbocycles. The number of benzene rings is 1. The average Bonchev–Trinajstić information content (AvgIpc) is 2.45. The second-order valence-electron chi connectivity index (χ2n) is 4.70. The SMILES string of the molecule is COC(=O)[C@H](C)NC(=O)N1C[C@@H](C)Oc2ccccc21. The minimum atomic E-state index is -0.696. The summed E-state index contributed by atoms with van der Waals surface area (Å²) in [6, 6.07) is 6.27. The van der Waals surface area contributed by atoms with Gasteiger partial charge in [0, 0.05) is 0 Å². The van der Waals surface area contributed by atoms with Crippen LogP contribution in [0, 0.1) is 0 Å². The van der Waals surface area contributed by atoms with E-state index in [9.17, 15) is 9.59 Å². The summed E-state index contributed by atoms with van der Waals surface area (Å²) in [6.07, 6.45) is -0.107. The number of urea groups is 1. The summed E-state index contributed by atoms with van der Waals surface area (Å²) in [5.41, 5.74) is 0.695. The van der Waals surface area contributed by atoms with Crippen LogP contribution in [-0.4, -0.2) is 37.8 Å². The van der Waals surface area contributed by atoms with Crippen molar-refractivity contribution in [1.82, 2.24) is 5.32 Å². The first-order chi connectivity index (χ1) is 9.52. The van der Waals surface area contributed by atoms with E-state index in [1.54, 1.807) is 11.8 Å². The molecule has 1 aliphatic heterocycles. The quantitative estimate of drug-likeness (QED) is 0.833. The van der Waals surface area contributed by atoms with Gasteiger partial charge in [-0.15, -0.1) is 0 Å². The monoisotopic (exact) mass is 278 g/mol. The first-order valence-corrected chi connectivity index (χ1v) is 6.44. The van der Waals surface area contributed by atoms with Crippen molar-refractivity contribution in [2.75, 3.05) is 18.6 Å². The molecule has 0 bridgehead atoms. The van der Waals surface area contributed by atoms with Crippen LogP contribution in [0.2, 0.25) is 0 Å². The maximum Gasteiger partial charge on any atom is 0.328 e. The average molecular weight is 278 g/mol. The molecule has 0 saturated heterocycles. The summed E-state index contributed by atoms with van der Waals surface area (Å²) in [5.74, 6) is 0.181. The highest BCUT2D eigenvalue weighted by Gasteiger charge is 2.29. The number of hydrogen-bond acceptors (Lipinski definition) is 4. The largest absolute Gasteiger partial charge is 0.487 e. The van der Waals surface area contributed by atoms with Crippen molar-refractivity contribution < 1.29 is 19.1 Å². The molecule has 20 heavy (non-hydrogen) atoms. The Kier molecular flexibility index (Phi) is 4.12. The van der Waals surface area contributed by atoms with Crippen molar-refractivity contribution in [3.05, 3.63) is 24.3 Å². The van der Waals surface area contributed by atoms with Gasteiger partial charge in [0.2, 0.25) is 0 Å². The zero-order chi connectivity index (χ0) is 14.7. The fraction of sp³-hybridized carbons (Fsp3) is 0.429. The Labute approximate surface area is 117 Å². The number of carbonyl (C=O) groups excluding carboxylic acids is 2. The third kappa shape index (κ3) is 2.84. The lowest BCUT2D eigenvalue weighted by Gasteiger charge is -2.33. The lowest BCUT2D eigenvalue weighted by molar-refractivity contribution is -0.142. The molecule has 1 heterocycles. The number of methoxy groups -OCH3 is 1. The van der Waals surface area contributed by atoms with Gasteiger partial charge in [-0.25, -0.2) is 9.59 Å². The molecule has 1 N–H and O–H groups in total. The van der Waals surface area contributed by atoms with E-state index in [1.165, 1.54) is 7.11 Å². The highest BCUT2D eigenvalue weighted by Crippen LogP contribution is 2.32. The topological polar surface area (TPSA) is 67.9 Å². The zero-order valence-corrected chi connectivity index (χ0v) is 11.8. The molecule has 108 valence electrons. The number of carbonyl (C=O) groups is 2. The second kappa shape index (κ2) is 5.81. The van der Waals surface area contributed by atoms with Gasteiger partial charge in [0.05, 0.1) is 19.3 Å². The number of hydrogen-bond donors (Lipinski definition) is 1. The van der Waals surface area contributed by atoms with Gasteiger partial charge in [-0.3, -0.25) is 4.90 Å². The molecule has 0 aliphatic carbocycles. The first-order valence-electron chi connectivity index (χ1n) is 6.44. The molecular formula is C14H18N2O4. The second-order valence-corrected chi connectivity index (χ2v) is 4.70. The van der Waals surface area contributed by atoms with Crippen LogP contribution in [0.15, 0.2) is 24.3 Å². The van der Waals surface area contributed by atoms with Crippen molar-refractivity contribution in [2.24, 2.45) is 0 Å². The number of anilines is 1. The number of para-hydroxylation sites is 2. The summed E-state index contributed by atoms with van der Waals surface area (Å²) in [4.78, 5) is 25.2. The summed E-state index contributed by atoms with van der Waals surface area (Å²) in [7, 11) is 1.29. The van der Waals surface area contributed by atoms with E-state index >= 15 is 0 Å². The van der Waals surface area contributed by atoms with Gasteiger partial charge in [-0.05, 0) is 26.0 Å². The maximum absolute atomic E-state index is 12.3.